The average Bonchev–Trinajstić information content (AvgIpc) is 3.14. The van der Waals surface area contributed by atoms with Crippen LogP contribution in [0.4, 0.5) is 15.8 Å². The van der Waals surface area contributed by atoms with Crippen molar-refractivity contribution in [1.82, 2.24) is 24.9 Å². The van der Waals surface area contributed by atoms with Gasteiger partial charge in [-0.2, -0.15) is 5.10 Å². The number of anilines is 2. The number of imide groups is 1. The molecule has 13 heteroatoms. The van der Waals surface area contributed by atoms with Gasteiger partial charge < -0.3 is 20.0 Å². The summed E-state index contributed by atoms with van der Waals surface area (Å²) in [4.78, 5) is 56.5. The molecule has 7 rings (SSSR count). The largest absolute Gasteiger partial charge is 0.379 e. The van der Waals surface area contributed by atoms with Gasteiger partial charge in [-0.25, -0.2) is 9.07 Å². The molecule has 4 saturated heterocycles. The number of hydrogen-bond acceptors (Lipinski definition) is 8. The quantitative estimate of drug-likeness (QED) is 0.339. The third-order valence-corrected chi connectivity index (χ3v) is 12.7. The van der Waals surface area contributed by atoms with Crippen LogP contribution in [0.5, 0.6) is 0 Å². The van der Waals surface area contributed by atoms with E-state index in [4.69, 9.17) is 0 Å². The summed E-state index contributed by atoms with van der Waals surface area (Å²) >= 11 is 3.42. The van der Waals surface area contributed by atoms with Crippen molar-refractivity contribution in [2.75, 3.05) is 56.5 Å². The highest BCUT2D eigenvalue weighted by Crippen LogP contribution is 2.43. The highest BCUT2D eigenvalue weighted by molar-refractivity contribution is 9.10. The Balaban J connectivity index is 0.923. The molecule has 276 valence electrons. The summed E-state index contributed by atoms with van der Waals surface area (Å²) in [5, 5.41) is 10.0. The molecule has 4 aliphatic heterocycles. The molecule has 3 atom stereocenters. The number of halogens is 2. The minimum absolute atomic E-state index is 0.0735. The number of rotatable bonds is 6. The van der Waals surface area contributed by atoms with Crippen LogP contribution in [0.15, 0.2) is 51.9 Å². The summed E-state index contributed by atoms with van der Waals surface area (Å²) in [6.07, 6.45) is 7.00. The number of hydrogen-bond donors (Lipinski definition) is 2. The Morgan fingerprint density at radius 2 is 1.67 bits per heavy atom. The first-order valence-electron chi connectivity index (χ1n) is 18.3. The molecule has 52 heavy (non-hydrogen) atoms. The minimum atomic E-state index is -0.642. The van der Waals surface area contributed by atoms with Crippen molar-refractivity contribution in [2.24, 2.45) is 12.5 Å². The van der Waals surface area contributed by atoms with Crippen LogP contribution in [-0.4, -0.2) is 89.7 Å². The monoisotopic (exact) mass is 775 g/mol. The molecule has 4 aliphatic rings. The smallest absolute Gasteiger partial charge is 0.282 e. The summed E-state index contributed by atoms with van der Waals surface area (Å²) in [7, 11) is 3.73. The lowest BCUT2D eigenvalue weighted by atomic mass is 9.71. The summed E-state index contributed by atoms with van der Waals surface area (Å²) in [5.74, 6) is -1.38. The Kier molecular flexibility index (Phi) is 10.3. The minimum Gasteiger partial charge on any atom is -0.379 e. The molecule has 1 aromatic heterocycles. The maximum Gasteiger partial charge on any atom is 0.282 e. The molecular weight excluding hydrogens is 729 g/mol. The van der Waals surface area contributed by atoms with Crippen LogP contribution in [0.1, 0.15) is 83.8 Å². The average molecular weight is 777 g/mol. The standard InChI is InChI=1S/C39H47BrFN7O4/c1-24-32(10-8-29(35(24)41)30-9-11-33(49)44-36(30)50)47-16-12-39(13-17-47)14-18-48(19-15-39)37(51)26-6-4-25(5-7-26)27-20-28(23-45(2)22-27)43-31-21-42-46(3)38(52)34(31)40/h4-8,10,21,27-28,30,43H,9,11-20,22-23H2,1-3H3,(H,44,49,50)/t27-,28+,30?/m1/s1. The number of carbonyl (C=O) groups is 3. The van der Waals surface area contributed by atoms with Crippen molar-refractivity contribution < 1.29 is 18.8 Å². The predicted molar refractivity (Wildman–Crippen MR) is 201 cm³/mol. The Hall–Kier alpha value is -4.10. The van der Waals surface area contributed by atoms with Gasteiger partial charge in [0.2, 0.25) is 11.8 Å². The van der Waals surface area contributed by atoms with Crippen LogP contribution in [0.3, 0.4) is 0 Å². The van der Waals surface area contributed by atoms with Gasteiger partial charge in [0.1, 0.15) is 10.3 Å². The van der Waals surface area contributed by atoms with Gasteiger partial charge in [-0.3, -0.25) is 24.5 Å². The van der Waals surface area contributed by atoms with Crippen LogP contribution in [0.2, 0.25) is 0 Å². The molecule has 5 heterocycles. The van der Waals surface area contributed by atoms with Gasteiger partial charge >= 0.3 is 0 Å². The van der Waals surface area contributed by atoms with E-state index in [1.54, 1.807) is 26.2 Å². The van der Waals surface area contributed by atoms with Gasteiger partial charge in [0.25, 0.3) is 11.5 Å². The van der Waals surface area contributed by atoms with E-state index in [1.807, 2.05) is 23.1 Å². The van der Waals surface area contributed by atoms with E-state index >= 15 is 4.39 Å². The van der Waals surface area contributed by atoms with Crippen LogP contribution < -0.4 is 21.1 Å². The molecule has 0 bridgehead atoms. The molecule has 2 aromatic carbocycles. The van der Waals surface area contributed by atoms with E-state index < -0.39 is 11.8 Å². The van der Waals surface area contributed by atoms with Crippen molar-refractivity contribution in [3.63, 3.8) is 0 Å². The first-order chi connectivity index (χ1) is 24.9. The van der Waals surface area contributed by atoms with E-state index in [2.05, 4.69) is 60.6 Å². The molecule has 3 amide bonds. The van der Waals surface area contributed by atoms with Crippen LogP contribution in [0, 0.1) is 18.2 Å². The van der Waals surface area contributed by atoms with Crippen molar-refractivity contribution in [3.05, 3.63) is 85.5 Å². The number of nitrogens with one attached hydrogen (secondary N) is 2. The first-order valence-corrected chi connectivity index (χ1v) is 19.1. The second-order valence-electron chi connectivity index (χ2n) is 15.3. The number of aryl methyl sites for hydroxylation is 1. The first kappa shape index (κ1) is 36.3. The maximum absolute atomic E-state index is 15.6. The van der Waals surface area contributed by atoms with Gasteiger partial charge in [0.05, 0.1) is 17.8 Å². The Morgan fingerprint density at radius 1 is 0.981 bits per heavy atom. The molecule has 0 aliphatic carbocycles. The second-order valence-corrected chi connectivity index (χ2v) is 16.1. The Labute approximate surface area is 312 Å². The number of benzene rings is 2. The number of likely N-dealkylation sites (N-methyl/N-ethyl adjacent to an activating group) is 1. The fraction of sp³-hybridized carbons (Fsp3) is 0.513. The number of likely N-dealkylation sites (tertiary alicyclic amines) is 2. The molecule has 11 nitrogen and oxygen atoms in total. The maximum atomic E-state index is 15.6. The van der Waals surface area contributed by atoms with E-state index in [-0.39, 0.29) is 47.0 Å². The third kappa shape index (κ3) is 7.26. The molecule has 0 radical (unpaired) electrons. The zero-order chi connectivity index (χ0) is 36.7. The Bertz CT molecular complexity index is 1920. The van der Waals surface area contributed by atoms with E-state index in [9.17, 15) is 19.2 Å². The van der Waals surface area contributed by atoms with Gasteiger partial charge in [-0.1, -0.05) is 18.2 Å². The van der Waals surface area contributed by atoms with Crippen LogP contribution in [0.25, 0.3) is 0 Å². The molecule has 3 aromatic rings. The summed E-state index contributed by atoms with van der Waals surface area (Å²) in [5.41, 5.74) is 4.36. The fourth-order valence-electron chi connectivity index (χ4n) is 8.78. The van der Waals surface area contributed by atoms with Gasteiger partial charge in [0.15, 0.2) is 0 Å². The highest BCUT2D eigenvalue weighted by Gasteiger charge is 2.39. The molecule has 2 N–H and O–H groups in total. The third-order valence-electron chi connectivity index (χ3n) is 12.0. The fourth-order valence-corrected chi connectivity index (χ4v) is 9.25. The summed E-state index contributed by atoms with van der Waals surface area (Å²) in [6, 6.07) is 11.9. The van der Waals surface area contributed by atoms with Crippen molar-refractivity contribution in [3.8, 4) is 0 Å². The molecular formula is C39H47BrFN7O4. The lowest BCUT2D eigenvalue weighted by molar-refractivity contribution is -0.134. The van der Waals surface area contributed by atoms with Crippen LogP contribution >= 0.6 is 15.9 Å². The van der Waals surface area contributed by atoms with Crippen molar-refractivity contribution in [1.29, 1.82) is 0 Å². The zero-order valence-electron chi connectivity index (χ0n) is 30.1. The molecule has 1 unspecified atom stereocenters. The van der Waals surface area contributed by atoms with E-state index in [0.717, 1.165) is 77.1 Å². The number of piperidine rings is 4. The predicted octanol–water partition coefficient (Wildman–Crippen LogP) is 4.93. The number of amides is 3. The normalized spacial score (nSPS) is 23.8. The van der Waals surface area contributed by atoms with Crippen LogP contribution in [-0.2, 0) is 16.6 Å². The van der Waals surface area contributed by atoms with Gasteiger partial charge in [0, 0.05) is 81.2 Å². The summed E-state index contributed by atoms with van der Waals surface area (Å²) < 4.78 is 17.4. The van der Waals surface area contributed by atoms with Crippen molar-refractivity contribution in [2.45, 2.75) is 69.7 Å². The SMILES string of the molecule is Cc1c(N2CCC3(CCN(C(=O)c4ccc([C@@H]5C[C@H](Nc6cnn(C)c(=O)c6Br)CN(C)C5)cc4)CC3)CC2)ccc(C2CCC(=O)NC2=O)c1F. The van der Waals surface area contributed by atoms with Gasteiger partial charge in [-0.05, 0) is 104 Å². The second kappa shape index (κ2) is 14.7. The number of nitrogens with zero attached hydrogens (tertiary/aromatic N) is 5. The Morgan fingerprint density at radius 3 is 2.37 bits per heavy atom. The van der Waals surface area contributed by atoms with E-state index in [1.165, 1.54) is 10.2 Å². The van der Waals surface area contributed by atoms with E-state index in [0.29, 0.717) is 33.3 Å². The topological polar surface area (TPSA) is 120 Å². The number of carbonyl (C=O) groups excluding carboxylic acids is 3. The molecule has 1 spiro atoms. The van der Waals surface area contributed by atoms with Crippen molar-refractivity contribution >= 4 is 45.0 Å². The lowest BCUT2D eigenvalue weighted by Gasteiger charge is -2.47. The van der Waals surface area contributed by atoms with Gasteiger partial charge in [-0.15, -0.1) is 0 Å². The zero-order valence-corrected chi connectivity index (χ0v) is 31.7. The highest BCUT2D eigenvalue weighted by atomic mass is 79.9. The summed E-state index contributed by atoms with van der Waals surface area (Å²) in [6.45, 7) is 6.62. The molecule has 0 saturated carbocycles. The molecule has 4 fully saturated rings. The number of aromatic nitrogens is 2. The lowest BCUT2D eigenvalue weighted by Crippen LogP contribution is -2.48.